The van der Waals surface area contributed by atoms with Crippen LogP contribution in [0, 0.1) is 0 Å². The SMILES string of the molecule is COc1cc(C=O)ccc1OC(=O)c1sc2ccccc2c1Cl. The molecule has 0 aliphatic rings. The number of rotatable bonds is 4. The molecule has 23 heavy (non-hydrogen) atoms. The lowest BCUT2D eigenvalue weighted by molar-refractivity contribution is 0.0735. The molecule has 0 aliphatic carbocycles. The second-order valence-electron chi connectivity index (χ2n) is 4.66. The Labute approximate surface area is 141 Å². The molecule has 0 unspecified atom stereocenters. The van der Waals surface area contributed by atoms with Crippen LogP contribution in [0.2, 0.25) is 5.02 Å². The van der Waals surface area contributed by atoms with Crippen LogP contribution in [0.1, 0.15) is 20.0 Å². The molecule has 1 heterocycles. The molecule has 0 spiro atoms. The number of aldehydes is 1. The molecule has 0 atom stereocenters. The van der Waals surface area contributed by atoms with Crippen LogP contribution in [0.3, 0.4) is 0 Å². The van der Waals surface area contributed by atoms with E-state index in [-0.39, 0.29) is 5.75 Å². The molecule has 0 saturated heterocycles. The minimum absolute atomic E-state index is 0.233. The van der Waals surface area contributed by atoms with Crippen LogP contribution in [0.4, 0.5) is 0 Å². The lowest BCUT2D eigenvalue weighted by Gasteiger charge is -2.09. The first-order chi connectivity index (χ1) is 11.1. The van der Waals surface area contributed by atoms with Crippen LogP contribution in [-0.4, -0.2) is 19.4 Å². The smallest absolute Gasteiger partial charge is 0.355 e. The number of thiophene rings is 1. The largest absolute Gasteiger partial charge is 0.493 e. The van der Waals surface area contributed by atoms with Crippen LogP contribution in [0.5, 0.6) is 11.5 Å². The van der Waals surface area contributed by atoms with Crippen molar-refractivity contribution in [2.75, 3.05) is 7.11 Å². The molecule has 0 bridgehead atoms. The Kier molecular flexibility index (Phi) is 4.32. The Morgan fingerprint density at radius 1 is 1.17 bits per heavy atom. The zero-order valence-electron chi connectivity index (χ0n) is 12.0. The molecule has 0 saturated carbocycles. The number of fused-ring (bicyclic) bond motifs is 1. The van der Waals surface area contributed by atoms with Crippen molar-refractivity contribution in [1.82, 2.24) is 0 Å². The third kappa shape index (κ3) is 2.93. The van der Waals surface area contributed by atoms with E-state index in [1.54, 1.807) is 6.07 Å². The number of halogens is 1. The van der Waals surface area contributed by atoms with Crippen LogP contribution < -0.4 is 9.47 Å². The lowest BCUT2D eigenvalue weighted by Crippen LogP contribution is -2.08. The zero-order chi connectivity index (χ0) is 16.4. The standard InChI is InChI=1S/C17H11ClO4S/c1-21-13-8-10(9-19)6-7-12(13)22-17(20)16-15(18)11-4-2-3-5-14(11)23-16/h2-9H,1H3. The molecule has 4 nitrogen and oxygen atoms in total. The minimum Gasteiger partial charge on any atom is -0.493 e. The van der Waals surface area contributed by atoms with Gasteiger partial charge in [0.2, 0.25) is 0 Å². The average Bonchev–Trinajstić information content (AvgIpc) is 2.92. The highest BCUT2D eigenvalue weighted by Crippen LogP contribution is 2.36. The van der Waals surface area contributed by atoms with E-state index in [1.807, 2.05) is 24.3 Å². The van der Waals surface area contributed by atoms with Gasteiger partial charge in [0, 0.05) is 15.6 Å². The van der Waals surface area contributed by atoms with Crippen molar-refractivity contribution in [1.29, 1.82) is 0 Å². The summed E-state index contributed by atoms with van der Waals surface area (Å²) in [6.45, 7) is 0. The normalized spacial score (nSPS) is 10.5. The highest BCUT2D eigenvalue weighted by Gasteiger charge is 2.20. The Morgan fingerprint density at radius 2 is 1.96 bits per heavy atom. The Balaban J connectivity index is 1.94. The number of hydrogen-bond acceptors (Lipinski definition) is 5. The summed E-state index contributed by atoms with van der Waals surface area (Å²) < 4.78 is 11.4. The summed E-state index contributed by atoms with van der Waals surface area (Å²) in [5, 5.41) is 1.19. The summed E-state index contributed by atoms with van der Waals surface area (Å²) in [6.07, 6.45) is 0.691. The third-order valence-electron chi connectivity index (χ3n) is 3.25. The molecule has 0 N–H and O–H groups in total. The van der Waals surface area contributed by atoms with Crippen molar-refractivity contribution in [3.63, 3.8) is 0 Å². The van der Waals surface area contributed by atoms with E-state index >= 15 is 0 Å². The Hall–Kier alpha value is -2.37. The fourth-order valence-corrected chi connectivity index (χ4v) is 3.52. The highest BCUT2D eigenvalue weighted by atomic mass is 35.5. The first kappa shape index (κ1) is 15.5. The number of esters is 1. The second-order valence-corrected chi connectivity index (χ2v) is 6.09. The van der Waals surface area contributed by atoms with Gasteiger partial charge in [0.1, 0.15) is 11.2 Å². The summed E-state index contributed by atoms with van der Waals surface area (Å²) in [5.74, 6) is -0.0230. The minimum atomic E-state index is -0.562. The van der Waals surface area contributed by atoms with Crippen molar-refractivity contribution in [2.24, 2.45) is 0 Å². The molecule has 0 aliphatic heterocycles. The highest BCUT2D eigenvalue weighted by molar-refractivity contribution is 7.21. The number of carbonyl (C=O) groups is 2. The van der Waals surface area contributed by atoms with Crippen molar-refractivity contribution < 1.29 is 19.1 Å². The van der Waals surface area contributed by atoms with Crippen LogP contribution in [-0.2, 0) is 0 Å². The van der Waals surface area contributed by atoms with E-state index in [9.17, 15) is 9.59 Å². The Morgan fingerprint density at radius 3 is 2.65 bits per heavy atom. The number of ether oxygens (including phenoxy) is 2. The maximum absolute atomic E-state index is 12.4. The second kappa shape index (κ2) is 6.40. The number of carbonyl (C=O) groups excluding carboxylic acids is 2. The lowest BCUT2D eigenvalue weighted by atomic mass is 10.2. The summed E-state index contributed by atoms with van der Waals surface area (Å²) in [7, 11) is 1.44. The van der Waals surface area contributed by atoms with E-state index < -0.39 is 5.97 Å². The molecule has 6 heteroatoms. The quantitative estimate of drug-likeness (QED) is 0.394. The van der Waals surface area contributed by atoms with Crippen molar-refractivity contribution in [2.45, 2.75) is 0 Å². The van der Waals surface area contributed by atoms with Gasteiger partial charge in [-0.1, -0.05) is 29.8 Å². The van der Waals surface area contributed by atoms with E-state index in [0.29, 0.717) is 27.5 Å². The van der Waals surface area contributed by atoms with E-state index in [2.05, 4.69) is 0 Å². The van der Waals surface area contributed by atoms with Gasteiger partial charge in [-0.3, -0.25) is 4.79 Å². The van der Waals surface area contributed by atoms with E-state index in [1.165, 1.54) is 30.6 Å². The van der Waals surface area contributed by atoms with Gasteiger partial charge >= 0.3 is 5.97 Å². The molecule has 2 aromatic carbocycles. The van der Waals surface area contributed by atoms with Crippen LogP contribution in [0.15, 0.2) is 42.5 Å². The van der Waals surface area contributed by atoms with Crippen molar-refractivity contribution >= 4 is 45.3 Å². The van der Waals surface area contributed by atoms with E-state index in [0.717, 1.165) is 10.1 Å². The molecular weight excluding hydrogens is 336 g/mol. The van der Waals surface area contributed by atoms with Crippen molar-refractivity contribution in [3.05, 3.63) is 57.9 Å². The van der Waals surface area contributed by atoms with E-state index in [4.69, 9.17) is 21.1 Å². The summed E-state index contributed by atoms with van der Waals surface area (Å²) in [5.41, 5.74) is 0.432. The summed E-state index contributed by atoms with van der Waals surface area (Å²) in [4.78, 5) is 23.5. The maximum atomic E-state index is 12.4. The van der Waals surface area contributed by atoms with Gasteiger partial charge < -0.3 is 9.47 Å². The van der Waals surface area contributed by atoms with Crippen molar-refractivity contribution in [3.8, 4) is 11.5 Å². The predicted molar refractivity (Wildman–Crippen MR) is 90.2 cm³/mol. The van der Waals surface area contributed by atoms with Gasteiger partial charge in [-0.2, -0.15) is 0 Å². The fraction of sp³-hybridized carbons (Fsp3) is 0.0588. The fourth-order valence-electron chi connectivity index (χ4n) is 2.13. The summed E-state index contributed by atoms with van der Waals surface area (Å²) in [6, 6.07) is 12.0. The first-order valence-corrected chi connectivity index (χ1v) is 7.86. The molecule has 0 amide bonds. The van der Waals surface area contributed by atoms with Gasteiger partial charge in [-0.25, -0.2) is 4.79 Å². The topological polar surface area (TPSA) is 52.6 Å². The van der Waals surface area contributed by atoms with Crippen LogP contribution in [0.25, 0.3) is 10.1 Å². The molecule has 0 fully saturated rings. The molecule has 116 valence electrons. The monoisotopic (exact) mass is 346 g/mol. The molecule has 0 radical (unpaired) electrons. The molecule has 3 rings (SSSR count). The van der Waals surface area contributed by atoms with Gasteiger partial charge in [-0.05, 0) is 24.3 Å². The third-order valence-corrected chi connectivity index (χ3v) is 4.90. The van der Waals surface area contributed by atoms with Gasteiger partial charge in [-0.15, -0.1) is 11.3 Å². The molecular formula is C17H11ClO4S. The summed E-state index contributed by atoms with van der Waals surface area (Å²) >= 11 is 7.54. The first-order valence-electron chi connectivity index (χ1n) is 6.66. The number of benzene rings is 2. The zero-order valence-corrected chi connectivity index (χ0v) is 13.6. The Bertz CT molecular complexity index is 901. The van der Waals surface area contributed by atoms with Gasteiger partial charge in [0.05, 0.1) is 12.1 Å². The number of methoxy groups -OCH3 is 1. The number of hydrogen-bond donors (Lipinski definition) is 0. The molecule has 1 aromatic heterocycles. The van der Waals surface area contributed by atoms with Gasteiger partial charge in [0.25, 0.3) is 0 Å². The maximum Gasteiger partial charge on any atom is 0.355 e. The average molecular weight is 347 g/mol. The molecule has 3 aromatic rings. The van der Waals surface area contributed by atoms with Gasteiger partial charge in [0.15, 0.2) is 11.5 Å². The predicted octanol–water partition coefficient (Wildman–Crippen LogP) is 4.60. The van der Waals surface area contributed by atoms with Crippen LogP contribution >= 0.6 is 22.9 Å².